The molecule has 0 aromatic heterocycles. The van der Waals surface area contributed by atoms with Gasteiger partial charge in [0.2, 0.25) is 11.8 Å². The predicted octanol–water partition coefficient (Wildman–Crippen LogP) is 0.908. The highest BCUT2D eigenvalue weighted by Crippen LogP contribution is 2.23. The zero-order valence-electron chi connectivity index (χ0n) is 18.4. The number of benzene rings is 1. The molecule has 2 N–H and O–H groups in total. The number of amides is 3. The zero-order chi connectivity index (χ0) is 22.9. The average molecular weight is 467 g/mol. The summed E-state index contributed by atoms with van der Waals surface area (Å²) in [6.07, 6.45) is 1.33. The number of fused-ring (bicyclic) bond motifs is 1. The van der Waals surface area contributed by atoms with Crippen LogP contribution in [0.4, 0.5) is 0 Å². The Kier molecular flexibility index (Phi) is 9.13. The van der Waals surface area contributed by atoms with Gasteiger partial charge in [0.25, 0.3) is 5.91 Å². The molecule has 176 valence electrons. The normalized spacial score (nSPS) is 21.9. The van der Waals surface area contributed by atoms with E-state index in [0.717, 1.165) is 0 Å². The molecule has 1 aromatic rings. The van der Waals surface area contributed by atoms with Crippen molar-refractivity contribution in [1.29, 1.82) is 0 Å². The van der Waals surface area contributed by atoms with E-state index in [2.05, 4.69) is 10.6 Å². The second-order valence-corrected chi connectivity index (χ2v) is 8.52. The van der Waals surface area contributed by atoms with E-state index in [0.29, 0.717) is 68.6 Å². The molecule has 0 aliphatic carbocycles. The number of carbonyl (C=O) groups excluding carboxylic acids is 3. The van der Waals surface area contributed by atoms with E-state index in [1.54, 1.807) is 23.1 Å². The Bertz CT molecular complexity index is 816. The summed E-state index contributed by atoms with van der Waals surface area (Å²) in [4.78, 5) is 41.7. The van der Waals surface area contributed by atoms with Crippen LogP contribution in [0.5, 0.6) is 5.75 Å². The summed E-state index contributed by atoms with van der Waals surface area (Å²) in [6, 6.07) is 4.56. The van der Waals surface area contributed by atoms with Crippen LogP contribution in [0.25, 0.3) is 0 Å². The topological polar surface area (TPSA) is 100 Å². The van der Waals surface area contributed by atoms with E-state index in [9.17, 15) is 14.4 Å². The van der Waals surface area contributed by atoms with Gasteiger partial charge in [-0.1, -0.05) is 11.6 Å². The molecule has 0 unspecified atom stereocenters. The average Bonchev–Trinajstić information content (AvgIpc) is 2.77. The van der Waals surface area contributed by atoms with Gasteiger partial charge in [0.15, 0.2) is 0 Å². The smallest absolute Gasteiger partial charge is 0.255 e. The molecule has 1 aromatic carbocycles. The van der Waals surface area contributed by atoms with Gasteiger partial charge in [0.05, 0.1) is 37.9 Å². The Morgan fingerprint density at radius 3 is 2.75 bits per heavy atom. The fourth-order valence-corrected chi connectivity index (χ4v) is 3.80. The lowest BCUT2D eigenvalue weighted by Crippen LogP contribution is -2.49. The van der Waals surface area contributed by atoms with Gasteiger partial charge < -0.3 is 25.0 Å². The predicted molar refractivity (Wildman–Crippen MR) is 120 cm³/mol. The summed E-state index contributed by atoms with van der Waals surface area (Å²) in [5, 5.41) is 6.19. The van der Waals surface area contributed by atoms with Crippen molar-refractivity contribution in [3.63, 3.8) is 0 Å². The second kappa shape index (κ2) is 12.0. The first-order chi connectivity index (χ1) is 15.4. The maximum absolute atomic E-state index is 12.9. The molecule has 1 atom stereocenters. The highest BCUT2D eigenvalue weighted by molar-refractivity contribution is 6.31. The molecule has 3 amide bonds. The molecule has 0 radical (unpaired) electrons. The van der Waals surface area contributed by atoms with Crippen molar-refractivity contribution in [2.24, 2.45) is 0 Å². The summed E-state index contributed by atoms with van der Waals surface area (Å²) < 4.78 is 11.1. The lowest BCUT2D eigenvalue weighted by Gasteiger charge is -2.29. The van der Waals surface area contributed by atoms with Crippen molar-refractivity contribution < 1.29 is 23.9 Å². The van der Waals surface area contributed by atoms with Crippen molar-refractivity contribution in [3.8, 4) is 5.75 Å². The number of morpholine rings is 1. The lowest BCUT2D eigenvalue weighted by atomic mass is 10.2. The van der Waals surface area contributed by atoms with E-state index >= 15 is 0 Å². The number of hydrogen-bond donors (Lipinski definition) is 2. The van der Waals surface area contributed by atoms with Gasteiger partial charge in [-0.05, 0) is 38.0 Å². The first-order valence-electron chi connectivity index (χ1n) is 11.0. The zero-order valence-corrected chi connectivity index (χ0v) is 19.2. The van der Waals surface area contributed by atoms with Crippen LogP contribution in [-0.4, -0.2) is 92.7 Å². The quantitative estimate of drug-likeness (QED) is 0.672. The molecule has 10 heteroatoms. The minimum absolute atomic E-state index is 0.00787. The minimum Gasteiger partial charge on any atom is -0.491 e. The van der Waals surface area contributed by atoms with Gasteiger partial charge in [-0.15, -0.1) is 0 Å². The summed E-state index contributed by atoms with van der Waals surface area (Å²) >= 11 is 6.06. The number of nitrogens with one attached hydrogen (secondary N) is 2. The molecule has 2 aliphatic rings. The molecule has 0 saturated carbocycles. The molecular formula is C22H31ClN4O5. The van der Waals surface area contributed by atoms with Gasteiger partial charge in [-0.3, -0.25) is 19.3 Å². The van der Waals surface area contributed by atoms with Crippen molar-refractivity contribution in [1.82, 2.24) is 20.4 Å². The Hall–Kier alpha value is -2.36. The number of halogens is 1. The summed E-state index contributed by atoms with van der Waals surface area (Å²) in [5.41, 5.74) is 0.355. The molecule has 2 aliphatic heterocycles. The van der Waals surface area contributed by atoms with Crippen LogP contribution >= 0.6 is 11.6 Å². The minimum atomic E-state index is -0.310. The summed E-state index contributed by atoms with van der Waals surface area (Å²) in [6.45, 7) is 5.76. The maximum atomic E-state index is 12.9. The number of carbonyl (C=O) groups is 3. The van der Waals surface area contributed by atoms with Crippen molar-refractivity contribution in [3.05, 3.63) is 28.8 Å². The van der Waals surface area contributed by atoms with Crippen molar-refractivity contribution >= 4 is 29.3 Å². The van der Waals surface area contributed by atoms with Crippen molar-refractivity contribution in [2.45, 2.75) is 25.8 Å². The van der Waals surface area contributed by atoms with Crippen LogP contribution in [0.1, 0.15) is 30.1 Å². The molecule has 1 saturated heterocycles. The van der Waals surface area contributed by atoms with Crippen LogP contribution in [0.15, 0.2) is 18.2 Å². The van der Waals surface area contributed by atoms with Gasteiger partial charge in [0, 0.05) is 31.2 Å². The first kappa shape index (κ1) is 24.3. The SMILES string of the molecule is C[C@@H]1COc2ccc(Cl)cc2C(=O)NCCCCN(C(=O)CN2CCOCC2)CC(=O)N1. The number of hydrogen-bond acceptors (Lipinski definition) is 6. The Balaban J connectivity index is 1.66. The Morgan fingerprint density at radius 1 is 1.19 bits per heavy atom. The maximum Gasteiger partial charge on any atom is 0.255 e. The molecule has 0 spiro atoms. The van der Waals surface area contributed by atoms with Crippen LogP contribution in [0.2, 0.25) is 5.02 Å². The monoisotopic (exact) mass is 466 g/mol. The molecule has 2 heterocycles. The number of rotatable bonds is 2. The number of ether oxygens (including phenoxy) is 2. The molecule has 32 heavy (non-hydrogen) atoms. The third-order valence-corrected chi connectivity index (χ3v) is 5.61. The summed E-state index contributed by atoms with van der Waals surface area (Å²) in [5.74, 6) is -0.183. The van der Waals surface area contributed by atoms with E-state index < -0.39 is 0 Å². The fraction of sp³-hybridized carbons (Fsp3) is 0.591. The molecule has 1 fully saturated rings. The largest absolute Gasteiger partial charge is 0.491 e. The first-order valence-corrected chi connectivity index (χ1v) is 11.4. The lowest BCUT2D eigenvalue weighted by molar-refractivity contribution is -0.138. The van der Waals surface area contributed by atoms with Gasteiger partial charge in [0.1, 0.15) is 12.4 Å². The van der Waals surface area contributed by atoms with Gasteiger partial charge in [-0.25, -0.2) is 0 Å². The van der Waals surface area contributed by atoms with Crippen molar-refractivity contribution in [2.75, 3.05) is 59.1 Å². The molecular weight excluding hydrogens is 436 g/mol. The van der Waals surface area contributed by atoms with E-state index in [4.69, 9.17) is 21.1 Å². The van der Waals surface area contributed by atoms with Crippen LogP contribution in [0, 0.1) is 0 Å². The van der Waals surface area contributed by atoms with E-state index in [-0.39, 0.29) is 43.5 Å². The Morgan fingerprint density at radius 2 is 1.97 bits per heavy atom. The van der Waals surface area contributed by atoms with Gasteiger partial charge in [-0.2, -0.15) is 0 Å². The van der Waals surface area contributed by atoms with E-state index in [1.165, 1.54) is 0 Å². The van der Waals surface area contributed by atoms with Crippen LogP contribution in [0.3, 0.4) is 0 Å². The second-order valence-electron chi connectivity index (χ2n) is 8.09. The highest BCUT2D eigenvalue weighted by atomic mass is 35.5. The molecule has 3 rings (SSSR count). The number of nitrogens with zero attached hydrogens (tertiary/aromatic N) is 2. The third kappa shape index (κ3) is 7.36. The van der Waals surface area contributed by atoms with E-state index in [1.807, 2.05) is 11.8 Å². The highest BCUT2D eigenvalue weighted by Gasteiger charge is 2.22. The third-order valence-electron chi connectivity index (χ3n) is 5.37. The molecule has 9 nitrogen and oxygen atoms in total. The fourth-order valence-electron chi connectivity index (χ4n) is 3.62. The molecule has 0 bridgehead atoms. The standard InChI is InChI=1S/C22H31ClN4O5/c1-16-15-32-19-5-4-17(23)12-18(19)22(30)24-6-2-3-7-27(13-20(28)25-16)21(29)14-26-8-10-31-11-9-26/h4-5,12,16H,2-3,6-11,13-15H2,1H3,(H,24,30)(H,25,28)/t16-/m1/s1. The van der Waals surface area contributed by atoms with Crippen LogP contribution in [-0.2, 0) is 14.3 Å². The van der Waals surface area contributed by atoms with Gasteiger partial charge >= 0.3 is 0 Å². The Labute approximate surface area is 193 Å². The van der Waals surface area contributed by atoms with Crippen LogP contribution < -0.4 is 15.4 Å². The summed E-state index contributed by atoms with van der Waals surface area (Å²) in [7, 11) is 0.